The van der Waals surface area contributed by atoms with Crippen molar-refractivity contribution in [3.8, 4) is 22.7 Å². The number of aromatic nitrogens is 1. The zero-order valence-electron chi connectivity index (χ0n) is 14.0. The summed E-state index contributed by atoms with van der Waals surface area (Å²) in [6.45, 7) is 0. The van der Waals surface area contributed by atoms with Crippen LogP contribution in [0, 0.1) is 0 Å². The predicted octanol–water partition coefficient (Wildman–Crippen LogP) is 4.14. The number of halogens is 2. The van der Waals surface area contributed by atoms with Crippen molar-refractivity contribution in [2.75, 3.05) is 7.11 Å². The largest absolute Gasteiger partial charge is 0.550 e. The number of hydrogen-bond acceptors (Lipinski definition) is 3. The Morgan fingerprint density at radius 1 is 1.08 bits per heavy atom. The molecule has 0 fully saturated rings. The van der Waals surface area contributed by atoms with Crippen LogP contribution in [0.1, 0.15) is 12.1 Å². The van der Waals surface area contributed by atoms with Gasteiger partial charge in [0.2, 0.25) is 0 Å². The molecular weight excluding hydrogens is 373 g/mol. The summed E-state index contributed by atoms with van der Waals surface area (Å²) in [6.07, 6.45) is 0.242. The summed E-state index contributed by atoms with van der Waals surface area (Å²) in [7, 11) is 1.61. The number of hydrogen-bond donors (Lipinski definition) is 0. The first-order valence-corrected chi connectivity index (χ1v) is 8.75. The maximum atomic E-state index is 10.9. The van der Waals surface area contributed by atoms with Crippen molar-refractivity contribution in [2.45, 2.75) is 12.8 Å². The molecule has 0 amide bonds. The number of carbonyl (C=O) groups is 1. The minimum absolute atomic E-state index is 0.0791. The fourth-order valence-electron chi connectivity index (χ4n) is 2.83. The Kier molecular flexibility index (Phi) is 5.55. The summed E-state index contributed by atoms with van der Waals surface area (Å²) >= 11 is 12.6. The zero-order chi connectivity index (χ0) is 18.7. The lowest BCUT2D eigenvalue weighted by Crippen LogP contribution is -2.22. The van der Waals surface area contributed by atoms with Gasteiger partial charge in [0.15, 0.2) is 0 Å². The van der Waals surface area contributed by atoms with Crippen molar-refractivity contribution >= 4 is 29.2 Å². The van der Waals surface area contributed by atoms with Crippen molar-refractivity contribution < 1.29 is 14.6 Å². The molecule has 0 bridgehead atoms. The van der Waals surface area contributed by atoms with E-state index in [-0.39, 0.29) is 6.42 Å². The molecule has 4 nitrogen and oxygen atoms in total. The molecule has 0 saturated heterocycles. The van der Waals surface area contributed by atoms with Gasteiger partial charge >= 0.3 is 0 Å². The average molecular weight is 389 g/mol. The van der Waals surface area contributed by atoms with Gasteiger partial charge in [0, 0.05) is 16.7 Å². The van der Waals surface area contributed by atoms with Gasteiger partial charge < -0.3 is 19.2 Å². The lowest BCUT2D eigenvalue weighted by molar-refractivity contribution is -0.305. The molecule has 26 heavy (non-hydrogen) atoms. The smallest absolute Gasteiger partial charge is 0.118 e. The molecule has 0 spiro atoms. The molecule has 134 valence electrons. The minimum atomic E-state index is -1.10. The first kappa shape index (κ1) is 18.4. The van der Waals surface area contributed by atoms with Crippen LogP contribution in [0.3, 0.4) is 0 Å². The van der Waals surface area contributed by atoms with E-state index < -0.39 is 5.97 Å². The summed E-state index contributed by atoms with van der Waals surface area (Å²) in [5.41, 5.74) is 3.33. The van der Waals surface area contributed by atoms with E-state index in [1.165, 1.54) is 0 Å². The Hall–Kier alpha value is -2.43. The zero-order valence-corrected chi connectivity index (χ0v) is 15.6. The number of methoxy groups -OCH3 is 1. The number of nitrogens with zero attached hydrogens (tertiary/aromatic N) is 1. The molecule has 0 aliphatic carbocycles. The number of aliphatic carboxylic acids is 1. The quantitative estimate of drug-likeness (QED) is 0.637. The van der Waals surface area contributed by atoms with Crippen LogP contribution < -0.4 is 9.84 Å². The number of carboxylic acids is 1. The van der Waals surface area contributed by atoms with Gasteiger partial charge in [-0.3, -0.25) is 0 Å². The van der Waals surface area contributed by atoms with Crippen molar-refractivity contribution in [2.24, 2.45) is 0 Å². The highest BCUT2D eigenvalue weighted by Crippen LogP contribution is 2.33. The topological polar surface area (TPSA) is 54.3 Å². The molecule has 0 unspecified atom stereocenters. The summed E-state index contributed by atoms with van der Waals surface area (Å²) in [6, 6.07) is 16.6. The number of rotatable bonds is 6. The van der Waals surface area contributed by atoms with Gasteiger partial charge in [-0.1, -0.05) is 23.2 Å². The minimum Gasteiger partial charge on any atom is -0.550 e. The van der Waals surface area contributed by atoms with Crippen molar-refractivity contribution in [3.05, 3.63) is 70.3 Å². The van der Waals surface area contributed by atoms with Gasteiger partial charge in [-0.2, -0.15) is 0 Å². The number of ether oxygens (including phenoxy) is 1. The van der Waals surface area contributed by atoms with E-state index in [9.17, 15) is 9.90 Å². The van der Waals surface area contributed by atoms with E-state index in [0.29, 0.717) is 22.2 Å². The third-order valence-corrected chi connectivity index (χ3v) is 4.64. The summed E-state index contributed by atoms with van der Waals surface area (Å²) < 4.78 is 7.14. The molecule has 0 atom stereocenters. The SMILES string of the molecule is COc1ccc(-c2ccc(CCC(=O)[O-])n2-c2cc(Cl)ccc2Cl)cc1. The molecule has 1 aromatic heterocycles. The standard InChI is InChI=1S/C20H17Cl2NO3/c1-26-16-7-2-13(3-8-16)18-10-5-15(6-11-20(24)25)23(18)19-12-14(21)4-9-17(19)22/h2-5,7-10,12H,6,11H2,1H3,(H,24,25)/p-1. The molecule has 0 aliphatic rings. The van der Waals surface area contributed by atoms with Crippen LogP contribution in [0.4, 0.5) is 0 Å². The van der Waals surface area contributed by atoms with Crippen molar-refractivity contribution in [3.63, 3.8) is 0 Å². The van der Waals surface area contributed by atoms with E-state index in [0.717, 1.165) is 22.7 Å². The highest BCUT2D eigenvalue weighted by Gasteiger charge is 2.15. The Morgan fingerprint density at radius 2 is 1.81 bits per heavy atom. The fraction of sp³-hybridized carbons (Fsp3) is 0.150. The lowest BCUT2D eigenvalue weighted by Gasteiger charge is -2.16. The van der Waals surface area contributed by atoms with Crippen LogP contribution in [-0.4, -0.2) is 17.6 Å². The summed E-state index contributed by atoms with van der Waals surface area (Å²) in [5.74, 6) is -0.342. The van der Waals surface area contributed by atoms with E-state index in [2.05, 4.69) is 0 Å². The van der Waals surface area contributed by atoms with Gasteiger partial charge in [-0.25, -0.2) is 0 Å². The molecule has 0 aliphatic heterocycles. The van der Waals surface area contributed by atoms with Gasteiger partial charge in [0.05, 0.1) is 23.5 Å². The van der Waals surface area contributed by atoms with Crippen LogP contribution >= 0.6 is 23.2 Å². The molecule has 6 heteroatoms. The van der Waals surface area contributed by atoms with Crippen LogP contribution in [0.15, 0.2) is 54.6 Å². The van der Waals surface area contributed by atoms with Gasteiger partial charge in [0.1, 0.15) is 5.75 Å². The molecule has 0 N–H and O–H groups in total. The van der Waals surface area contributed by atoms with Crippen LogP contribution in [0.25, 0.3) is 16.9 Å². The fourth-order valence-corrected chi connectivity index (χ4v) is 3.20. The molecule has 1 heterocycles. The van der Waals surface area contributed by atoms with Gasteiger partial charge in [-0.05, 0) is 73.0 Å². The van der Waals surface area contributed by atoms with Gasteiger partial charge in [-0.15, -0.1) is 0 Å². The maximum absolute atomic E-state index is 10.9. The number of aryl methyl sites for hydroxylation is 1. The highest BCUT2D eigenvalue weighted by atomic mass is 35.5. The second kappa shape index (κ2) is 7.85. The van der Waals surface area contributed by atoms with E-state index >= 15 is 0 Å². The molecule has 3 aromatic rings. The Labute approximate surface area is 161 Å². The molecule has 0 saturated carbocycles. The monoisotopic (exact) mass is 388 g/mol. The maximum Gasteiger partial charge on any atom is 0.118 e. The Balaban J connectivity index is 2.15. The number of benzene rings is 2. The number of carboxylic acid groups (broad SMARTS) is 1. The van der Waals surface area contributed by atoms with Crippen LogP contribution in [-0.2, 0) is 11.2 Å². The third kappa shape index (κ3) is 3.87. The van der Waals surface area contributed by atoms with E-state index in [1.807, 2.05) is 41.0 Å². The molecule has 0 radical (unpaired) electrons. The van der Waals surface area contributed by atoms with Crippen LogP contribution in [0.2, 0.25) is 10.0 Å². The third-order valence-electron chi connectivity index (χ3n) is 4.08. The second-order valence-electron chi connectivity index (χ2n) is 5.74. The Bertz CT molecular complexity index is 933. The van der Waals surface area contributed by atoms with Crippen LogP contribution in [0.5, 0.6) is 5.75 Å². The summed E-state index contributed by atoms with van der Waals surface area (Å²) in [4.78, 5) is 10.9. The molecule has 3 rings (SSSR count). The lowest BCUT2D eigenvalue weighted by atomic mass is 10.1. The van der Waals surface area contributed by atoms with Crippen molar-refractivity contribution in [1.82, 2.24) is 4.57 Å². The summed E-state index contributed by atoms with van der Waals surface area (Å²) in [5, 5.41) is 12.0. The normalized spacial score (nSPS) is 10.7. The first-order chi connectivity index (χ1) is 12.5. The highest BCUT2D eigenvalue weighted by molar-refractivity contribution is 6.34. The average Bonchev–Trinajstić information content (AvgIpc) is 3.05. The van der Waals surface area contributed by atoms with Crippen molar-refractivity contribution in [1.29, 1.82) is 0 Å². The van der Waals surface area contributed by atoms with E-state index in [1.54, 1.807) is 25.3 Å². The molecule has 2 aromatic carbocycles. The predicted molar refractivity (Wildman–Crippen MR) is 101 cm³/mol. The second-order valence-corrected chi connectivity index (χ2v) is 6.59. The Morgan fingerprint density at radius 3 is 2.46 bits per heavy atom. The first-order valence-electron chi connectivity index (χ1n) is 8.00. The van der Waals surface area contributed by atoms with E-state index in [4.69, 9.17) is 27.9 Å². The molecular formula is C20H16Cl2NO3-. The number of carbonyl (C=O) groups excluding carboxylic acids is 1. The van der Waals surface area contributed by atoms with Gasteiger partial charge in [0.25, 0.3) is 0 Å².